The summed E-state index contributed by atoms with van der Waals surface area (Å²) in [7, 11) is 0. The third-order valence-corrected chi connectivity index (χ3v) is 12.8. The number of aromatic nitrogens is 1. The molecule has 4 nitrogen and oxygen atoms in total. The van der Waals surface area contributed by atoms with Gasteiger partial charge in [0.2, 0.25) is 0 Å². The first-order valence-electron chi connectivity index (χ1n) is 15.7. The van der Waals surface area contributed by atoms with Gasteiger partial charge in [-0.25, -0.2) is 9.37 Å². The highest BCUT2D eigenvalue weighted by Gasteiger charge is 2.56. The third kappa shape index (κ3) is 6.66. The second kappa shape index (κ2) is 13.3. The maximum atomic E-state index is 14.8. The molecular weight excluding hydrogens is 625 g/mol. The zero-order chi connectivity index (χ0) is 31.8. The number of hydrogen-bond donors (Lipinski definition) is 2. The number of halogens is 2. The van der Waals surface area contributed by atoms with Crippen LogP contribution in [-0.2, 0) is 12.8 Å². The molecule has 1 aromatic heterocycles. The number of hydrogen-bond acceptors (Lipinski definition) is 6. The Morgan fingerprint density at radius 3 is 2.76 bits per heavy atom. The van der Waals surface area contributed by atoms with E-state index in [0.717, 1.165) is 51.4 Å². The van der Waals surface area contributed by atoms with E-state index in [-0.39, 0.29) is 28.7 Å². The number of aliphatic hydroxyl groups is 2. The number of para-hydroxylation sites is 1. The molecule has 7 rings (SSSR count). The lowest BCUT2D eigenvalue weighted by Crippen LogP contribution is -2.46. The summed E-state index contributed by atoms with van der Waals surface area (Å²) in [5, 5.41) is 23.6. The summed E-state index contributed by atoms with van der Waals surface area (Å²) >= 11 is 9.60. The first-order valence-corrected chi connectivity index (χ1v) is 17.9. The third-order valence-electron chi connectivity index (χ3n) is 10.1. The number of aliphatic hydroxyl groups excluding tert-OH is 1. The highest BCUT2D eigenvalue weighted by molar-refractivity contribution is 8.01. The summed E-state index contributed by atoms with van der Waals surface area (Å²) < 4.78 is 16.9. The molecule has 0 radical (unpaired) electrons. The van der Waals surface area contributed by atoms with Gasteiger partial charge in [-0.15, -0.1) is 11.3 Å². The van der Waals surface area contributed by atoms with Gasteiger partial charge in [-0.3, -0.25) is 4.79 Å². The van der Waals surface area contributed by atoms with E-state index in [4.69, 9.17) is 16.6 Å². The number of carbonyl (C=O) groups excluding carboxylic acids is 1. The number of rotatable bonds is 6. The van der Waals surface area contributed by atoms with Crippen molar-refractivity contribution >= 4 is 50.7 Å². The molecule has 1 saturated carbocycles. The van der Waals surface area contributed by atoms with Crippen molar-refractivity contribution in [2.75, 3.05) is 5.75 Å². The zero-order valence-electron chi connectivity index (χ0n) is 25.7. The van der Waals surface area contributed by atoms with Crippen LogP contribution >= 0.6 is 34.7 Å². The monoisotopic (exact) mass is 663 g/mol. The van der Waals surface area contributed by atoms with E-state index in [2.05, 4.69) is 26.0 Å². The Bertz CT molecular complexity index is 1700. The second-order valence-electron chi connectivity index (χ2n) is 13.0. The van der Waals surface area contributed by atoms with Crippen molar-refractivity contribution in [1.82, 2.24) is 4.98 Å². The van der Waals surface area contributed by atoms with Gasteiger partial charge in [-0.2, -0.15) is 0 Å². The average Bonchev–Trinajstić information content (AvgIpc) is 3.55. The molecule has 4 atom stereocenters. The molecule has 1 heterocycles. The fourth-order valence-electron chi connectivity index (χ4n) is 7.27. The summed E-state index contributed by atoms with van der Waals surface area (Å²) in [6, 6.07) is 18.5. The quantitative estimate of drug-likeness (QED) is 0.122. The van der Waals surface area contributed by atoms with Crippen LogP contribution < -0.4 is 0 Å². The van der Waals surface area contributed by atoms with Crippen LogP contribution in [-0.4, -0.2) is 38.4 Å². The summed E-state index contributed by atoms with van der Waals surface area (Å²) in [5.41, 5.74) is 3.14. The van der Waals surface area contributed by atoms with Crippen LogP contribution in [0.2, 0.25) is 5.02 Å². The molecule has 0 amide bonds. The van der Waals surface area contributed by atoms with E-state index >= 15 is 0 Å². The smallest absolute Gasteiger partial charge is 0.167 e. The Morgan fingerprint density at radius 1 is 1.13 bits per heavy atom. The number of thiazole rings is 1. The van der Waals surface area contributed by atoms with Gasteiger partial charge in [0.1, 0.15) is 5.82 Å². The van der Waals surface area contributed by atoms with Crippen molar-refractivity contribution in [3.8, 4) is 0 Å². The van der Waals surface area contributed by atoms with E-state index in [0.29, 0.717) is 30.6 Å². The number of allylic oxidation sites excluding steroid dienone is 2. The first-order chi connectivity index (χ1) is 21.6. The van der Waals surface area contributed by atoms with Crippen molar-refractivity contribution in [1.29, 1.82) is 0 Å². The van der Waals surface area contributed by atoms with E-state index in [9.17, 15) is 19.4 Å². The molecule has 3 aliphatic rings. The van der Waals surface area contributed by atoms with E-state index < -0.39 is 22.9 Å². The number of ketones is 1. The summed E-state index contributed by atoms with van der Waals surface area (Å²) in [6.45, 7) is 4.29. The molecule has 0 spiro atoms. The van der Waals surface area contributed by atoms with Crippen LogP contribution in [0.4, 0.5) is 4.39 Å². The molecule has 1 fully saturated rings. The molecule has 236 valence electrons. The van der Waals surface area contributed by atoms with Crippen LogP contribution in [0, 0.1) is 11.2 Å². The maximum absolute atomic E-state index is 14.8. The molecule has 3 aromatic carbocycles. The molecule has 4 aromatic rings. The molecule has 0 aliphatic heterocycles. The van der Waals surface area contributed by atoms with Crippen molar-refractivity contribution in [2.24, 2.45) is 5.41 Å². The zero-order valence-corrected chi connectivity index (χ0v) is 28.1. The summed E-state index contributed by atoms with van der Waals surface area (Å²) in [5.74, 6) is -0.303. The first kappa shape index (κ1) is 32.4. The molecule has 2 bridgehead atoms. The largest absolute Gasteiger partial charge is 0.393 e. The van der Waals surface area contributed by atoms with Crippen molar-refractivity contribution in [3.63, 3.8) is 0 Å². The number of benzene rings is 3. The SMILES string of the molecule is CC1=CCC[C@@]2(C)[C@@H](CC[C@@]2(O)CSc2nc3ccccc3s2)c2ccc(cc2C(=O)Cc2c(F)cccc2Cl)C[C@@H](O)CC1. The minimum absolute atomic E-state index is 0.0934. The van der Waals surface area contributed by atoms with E-state index in [1.807, 2.05) is 36.4 Å². The Hall–Kier alpha value is -2.55. The van der Waals surface area contributed by atoms with E-state index in [1.54, 1.807) is 29.2 Å². The number of nitrogens with zero attached hydrogens (tertiary/aromatic N) is 1. The van der Waals surface area contributed by atoms with Crippen LogP contribution in [0.1, 0.15) is 85.3 Å². The standard InChI is InChI=1S/C37H39ClFNO3S2/c1-23-7-6-17-36(2)29(16-18-37(36,43)22-44-35-40-32-10-3-4-11-34(32)45-35)26-15-13-24(19-25(41)14-12-23)20-27(26)33(42)21-28-30(38)8-5-9-31(28)39/h3-5,7-11,13,15,20,25,29,41,43H,6,12,14,16-19,21-22H2,1-2H3/t25-,29-,36-,37+/m0/s1. The highest BCUT2D eigenvalue weighted by Crippen LogP contribution is 2.59. The van der Waals surface area contributed by atoms with Gasteiger partial charge in [-0.05, 0) is 99.2 Å². The summed E-state index contributed by atoms with van der Waals surface area (Å²) in [6.07, 6.45) is 6.24. The molecule has 0 saturated heterocycles. The lowest BCUT2D eigenvalue weighted by Gasteiger charge is -2.44. The molecule has 0 unspecified atom stereocenters. The van der Waals surface area contributed by atoms with Gasteiger partial charge < -0.3 is 10.2 Å². The predicted molar refractivity (Wildman–Crippen MR) is 183 cm³/mol. The Labute approximate surface area is 277 Å². The minimum atomic E-state index is -0.997. The van der Waals surface area contributed by atoms with Gasteiger partial charge >= 0.3 is 0 Å². The fourth-order valence-corrected chi connectivity index (χ4v) is 9.88. The lowest BCUT2D eigenvalue weighted by molar-refractivity contribution is -0.0422. The molecule has 45 heavy (non-hydrogen) atoms. The lowest BCUT2D eigenvalue weighted by atomic mass is 9.65. The Balaban J connectivity index is 1.39. The molecular formula is C37H39ClFNO3S2. The molecule has 2 N–H and O–H groups in total. The van der Waals surface area contributed by atoms with Gasteiger partial charge in [0, 0.05) is 33.7 Å². The van der Waals surface area contributed by atoms with E-state index in [1.165, 1.54) is 17.7 Å². The van der Waals surface area contributed by atoms with Crippen LogP contribution in [0.3, 0.4) is 0 Å². The van der Waals surface area contributed by atoms with Crippen LogP contribution in [0.15, 0.2) is 76.7 Å². The Kier molecular flexibility index (Phi) is 9.56. The number of carbonyl (C=O) groups is 1. The van der Waals surface area contributed by atoms with Crippen molar-refractivity contribution < 1.29 is 19.4 Å². The van der Waals surface area contributed by atoms with Crippen molar-refractivity contribution in [2.45, 2.75) is 87.2 Å². The van der Waals surface area contributed by atoms with Gasteiger partial charge in [0.05, 0.1) is 21.9 Å². The highest BCUT2D eigenvalue weighted by atomic mass is 35.5. The fraction of sp³-hybridized carbons (Fsp3) is 0.405. The number of fused-ring (bicyclic) bond motifs is 9. The van der Waals surface area contributed by atoms with Gasteiger partial charge in [0.25, 0.3) is 0 Å². The molecule has 3 aliphatic carbocycles. The normalized spacial score (nSPS) is 25.6. The Morgan fingerprint density at radius 2 is 1.96 bits per heavy atom. The van der Waals surface area contributed by atoms with Gasteiger partial charge in [-0.1, -0.05) is 72.3 Å². The minimum Gasteiger partial charge on any atom is -0.393 e. The van der Waals surface area contributed by atoms with Gasteiger partial charge in [0.15, 0.2) is 10.1 Å². The summed E-state index contributed by atoms with van der Waals surface area (Å²) in [4.78, 5) is 18.9. The van der Waals surface area contributed by atoms with Crippen LogP contribution in [0.25, 0.3) is 10.2 Å². The topological polar surface area (TPSA) is 70.4 Å². The predicted octanol–water partition coefficient (Wildman–Crippen LogP) is 9.34. The average molecular weight is 664 g/mol. The number of Topliss-reactive ketones (excluding diaryl/α,β-unsaturated/α-hetero) is 1. The van der Waals surface area contributed by atoms with Crippen molar-refractivity contribution in [3.05, 3.63) is 105 Å². The second-order valence-corrected chi connectivity index (χ2v) is 15.6. The maximum Gasteiger partial charge on any atom is 0.167 e. The van der Waals surface area contributed by atoms with Crippen LogP contribution in [0.5, 0.6) is 0 Å². The number of thioether (sulfide) groups is 1. The molecule has 8 heteroatoms.